The molecule has 0 aliphatic heterocycles. The van der Waals surface area contributed by atoms with Crippen LogP contribution < -0.4 is 19.5 Å². The summed E-state index contributed by atoms with van der Waals surface area (Å²) >= 11 is 0. The number of para-hydroxylation sites is 1. The average molecular weight is 406 g/mol. The SMILES string of the molecule is COc1cc(Nc2nc3cccc(-c4ccc(CO)cc4)c3o2)cc(OC)c1OC. The molecule has 1 aromatic heterocycles. The maximum atomic E-state index is 9.26. The number of nitrogens with one attached hydrogen (secondary N) is 1. The molecule has 7 nitrogen and oxygen atoms in total. The highest BCUT2D eigenvalue weighted by Crippen LogP contribution is 2.41. The van der Waals surface area contributed by atoms with Crippen LogP contribution in [0.25, 0.3) is 22.2 Å². The maximum Gasteiger partial charge on any atom is 0.300 e. The summed E-state index contributed by atoms with van der Waals surface area (Å²) in [5, 5.41) is 12.4. The van der Waals surface area contributed by atoms with Crippen LogP contribution in [0.4, 0.5) is 11.7 Å². The van der Waals surface area contributed by atoms with Crippen molar-refractivity contribution >= 4 is 22.8 Å². The summed E-state index contributed by atoms with van der Waals surface area (Å²) in [5.41, 5.74) is 4.84. The first-order valence-corrected chi connectivity index (χ1v) is 9.33. The van der Waals surface area contributed by atoms with Gasteiger partial charge < -0.3 is 29.1 Å². The molecule has 0 amide bonds. The molecule has 0 bridgehead atoms. The van der Waals surface area contributed by atoms with Gasteiger partial charge in [-0.15, -0.1) is 0 Å². The normalized spacial score (nSPS) is 10.8. The Morgan fingerprint density at radius 2 is 1.63 bits per heavy atom. The lowest BCUT2D eigenvalue weighted by atomic mass is 10.0. The van der Waals surface area contributed by atoms with Crippen LogP contribution >= 0.6 is 0 Å². The van der Waals surface area contributed by atoms with E-state index in [-0.39, 0.29) is 6.61 Å². The number of rotatable bonds is 7. The summed E-state index contributed by atoms with van der Waals surface area (Å²) in [6, 6.07) is 17.4. The molecule has 0 radical (unpaired) electrons. The van der Waals surface area contributed by atoms with E-state index >= 15 is 0 Å². The number of hydrogen-bond donors (Lipinski definition) is 2. The first-order chi connectivity index (χ1) is 14.7. The number of nitrogens with zero attached hydrogens (tertiary/aromatic N) is 1. The minimum absolute atomic E-state index is 0.00957. The number of aliphatic hydroxyl groups excluding tert-OH is 1. The van der Waals surface area contributed by atoms with Crippen molar-refractivity contribution in [3.8, 4) is 28.4 Å². The van der Waals surface area contributed by atoms with E-state index in [4.69, 9.17) is 18.6 Å². The number of oxazole rings is 1. The van der Waals surface area contributed by atoms with Crippen molar-refractivity contribution in [2.24, 2.45) is 0 Å². The van der Waals surface area contributed by atoms with Crippen LogP contribution in [0.15, 0.2) is 59.0 Å². The highest BCUT2D eigenvalue weighted by molar-refractivity contribution is 5.91. The third-order valence-corrected chi connectivity index (χ3v) is 4.78. The first kappa shape index (κ1) is 19.6. The van der Waals surface area contributed by atoms with E-state index in [0.29, 0.717) is 34.5 Å². The van der Waals surface area contributed by atoms with E-state index in [1.807, 2.05) is 42.5 Å². The van der Waals surface area contributed by atoms with Crippen molar-refractivity contribution in [3.05, 3.63) is 60.2 Å². The van der Waals surface area contributed by atoms with Crippen LogP contribution in [0, 0.1) is 0 Å². The number of benzene rings is 3. The summed E-state index contributed by atoms with van der Waals surface area (Å²) in [4.78, 5) is 4.55. The average Bonchev–Trinajstić information content (AvgIpc) is 3.20. The molecule has 4 rings (SSSR count). The zero-order chi connectivity index (χ0) is 21.1. The van der Waals surface area contributed by atoms with E-state index in [2.05, 4.69) is 10.3 Å². The lowest BCUT2D eigenvalue weighted by Gasteiger charge is -2.14. The molecule has 0 spiro atoms. The molecule has 154 valence electrons. The Morgan fingerprint density at radius 1 is 0.933 bits per heavy atom. The van der Waals surface area contributed by atoms with Crippen LogP contribution in [0.2, 0.25) is 0 Å². The number of hydrogen-bond acceptors (Lipinski definition) is 7. The molecule has 0 unspecified atom stereocenters. The number of aliphatic hydroxyl groups is 1. The van der Waals surface area contributed by atoms with Gasteiger partial charge in [-0.25, -0.2) is 0 Å². The largest absolute Gasteiger partial charge is 0.493 e. The molecule has 0 aliphatic rings. The van der Waals surface area contributed by atoms with Gasteiger partial charge in [-0.05, 0) is 17.2 Å². The van der Waals surface area contributed by atoms with Crippen LogP contribution in [-0.4, -0.2) is 31.4 Å². The van der Waals surface area contributed by atoms with Gasteiger partial charge in [0.2, 0.25) is 5.75 Å². The monoisotopic (exact) mass is 406 g/mol. The van der Waals surface area contributed by atoms with Gasteiger partial charge in [0.1, 0.15) is 5.52 Å². The Hall–Kier alpha value is -3.71. The molecule has 0 saturated heterocycles. The van der Waals surface area contributed by atoms with Crippen molar-refractivity contribution in [1.82, 2.24) is 4.98 Å². The van der Waals surface area contributed by atoms with Crippen LogP contribution in [0.5, 0.6) is 17.2 Å². The first-order valence-electron chi connectivity index (χ1n) is 9.33. The van der Waals surface area contributed by atoms with E-state index in [0.717, 1.165) is 22.2 Å². The summed E-state index contributed by atoms with van der Waals surface area (Å²) < 4.78 is 22.2. The molecule has 0 fully saturated rings. The molecule has 2 N–H and O–H groups in total. The predicted molar refractivity (Wildman–Crippen MR) is 115 cm³/mol. The van der Waals surface area contributed by atoms with Gasteiger partial charge in [0, 0.05) is 23.4 Å². The second kappa shape index (κ2) is 8.34. The molecule has 4 aromatic rings. The van der Waals surface area contributed by atoms with Crippen molar-refractivity contribution < 1.29 is 23.7 Å². The highest BCUT2D eigenvalue weighted by Gasteiger charge is 2.16. The number of ether oxygens (including phenoxy) is 3. The fourth-order valence-corrected chi connectivity index (χ4v) is 3.30. The lowest BCUT2D eigenvalue weighted by molar-refractivity contribution is 0.282. The summed E-state index contributed by atoms with van der Waals surface area (Å²) in [6.45, 7) is 0.00957. The Labute approximate surface area is 173 Å². The summed E-state index contributed by atoms with van der Waals surface area (Å²) in [7, 11) is 4.69. The number of methoxy groups -OCH3 is 3. The van der Waals surface area contributed by atoms with Gasteiger partial charge in [0.05, 0.1) is 27.9 Å². The van der Waals surface area contributed by atoms with Gasteiger partial charge in [0.25, 0.3) is 6.01 Å². The van der Waals surface area contributed by atoms with Crippen LogP contribution in [0.1, 0.15) is 5.56 Å². The Kier molecular flexibility index (Phi) is 5.45. The number of fused-ring (bicyclic) bond motifs is 1. The van der Waals surface area contributed by atoms with Crippen LogP contribution in [0.3, 0.4) is 0 Å². The Morgan fingerprint density at radius 3 is 2.23 bits per heavy atom. The Bertz CT molecular complexity index is 1140. The highest BCUT2D eigenvalue weighted by atomic mass is 16.5. The topological polar surface area (TPSA) is 86.0 Å². The number of anilines is 2. The second-order valence-corrected chi connectivity index (χ2v) is 6.57. The van der Waals surface area contributed by atoms with Crippen molar-refractivity contribution in [2.75, 3.05) is 26.6 Å². The van der Waals surface area contributed by atoms with Gasteiger partial charge in [0.15, 0.2) is 17.1 Å². The van der Waals surface area contributed by atoms with Gasteiger partial charge in [-0.2, -0.15) is 4.98 Å². The third kappa shape index (κ3) is 3.62. The fourth-order valence-electron chi connectivity index (χ4n) is 3.30. The zero-order valence-electron chi connectivity index (χ0n) is 16.9. The summed E-state index contributed by atoms with van der Waals surface area (Å²) in [6.07, 6.45) is 0. The molecule has 1 heterocycles. The number of aromatic nitrogens is 1. The minimum Gasteiger partial charge on any atom is -0.493 e. The van der Waals surface area contributed by atoms with E-state index in [1.54, 1.807) is 33.5 Å². The molecule has 0 aliphatic carbocycles. The maximum absolute atomic E-state index is 9.26. The molecule has 30 heavy (non-hydrogen) atoms. The van der Waals surface area contributed by atoms with E-state index in [9.17, 15) is 5.11 Å². The second-order valence-electron chi connectivity index (χ2n) is 6.57. The molecular weight excluding hydrogens is 384 g/mol. The minimum atomic E-state index is 0.00957. The van der Waals surface area contributed by atoms with E-state index < -0.39 is 0 Å². The van der Waals surface area contributed by atoms with E-state index in [1.165, 1.54) is 0 Å². The Balaban J connectivity index is 1.71. The molecule has 0 atom stereocenters. The fraction of sp³-hybridized carbons (Fsp3) is 0.174. The predicted octanol–water partition coefficient (Wildman–Crippen LogP) is 4.76. The van der Waals surface area contributed by atoms with Crippen molar-refractivity contribution in [2.45, 2.75) is 6.61 Å². The molecule has 3 aromatic carbocycles. The zero-order valence-corrected chi connectivity index (χ0v) is 16.9. The molecular formula is C23H22N2O5. The third-order valence-electron chi connectivity index (χ3n) is 4.78. The molecule has 7 heteroatoms. The lowest BCUT2D eigenvalue weighted by Crippen LogP contribution is -1.97. The van der Waals surface area contributed by atoms with Gasteiger partial charge in [-0.1, -0.05) is 36.4 Å². The quantitative estimate of drug-likeness (QED) is 0.458. The summed E-state index contributed by atoms with van der Waals surface area (Å²) in [5.74, 6) is 1.57. The van der Waals surface area contributed by atoms with Crippen molar-refractivity contribution in [1.29, 1.82) is 0 Å². The smallest absolute Gasteiger partial charge is 0.300 e. The van der Waals surface area contributed by atoms with Crippen LogP contribution in [-0.2, 0) is 6.61 Å². The van der Waals surface area contributed by atoms with Gasteiger partial charge in [-0.3, -0.25) is 0 Å². The molecule has 0 saturated carbocycles. The van der Waals surface area contributed by atoms with Crippen molar-refractivity contribution in [3.63, 3.8) is 0 Å². The standard InChI is InChI=1S/C23H22N2O5/c1-27-19-11-16(12-20(28-2)22(19)29-3)24-23-25-18-6-4-5-17(21(18)30-23)15-9-7-14(13-26)8-10-15/h4-12,26H,13H2,1-3H3,(H,24,25). The van der Waals surface area contributed by atoms with Gasteiger partial charge >= 0.3 is 0 Å².